The number of fused-ring (bicyclic) bond motifs is 3. The lowest BCUT2D eigenvalue weighted by Crippen LogP contribution is -2.33. The maximum Gasteiger partial charge on any atom is 0.311 e. The standard InChI is InChI=1S/C25H20FNO4/c26-18-8-5-16(6-9-18)24(25(29)27-19-10-11-19)31-22(28)13-17-14-30-21-12-7-15-3-1-2-4-20(15)23(17)21/h1-9,12,14,19,24H,10-11,13H2,(H,27,29)/t24-/m1/s1. The highest BCUT2D eigenvalue weighted by Crippen LogP contribution is 2.31. The average molecular weight is 417 g/mol. The smallest absolute Gasteiger partial charge is 0.311 e. The summed E-state index contributed by atoms with van der Waals surface area (Å²) in [4.78, 5) is 25.5. The molecule has 1 atom stereocenters. The summed E-state index contributed by atoms with van der Waals surface area (Å²) in [6, 6.07) is 17.2. The van der Waals surface area contributed by atoms with E-state index in [1.165, 1.54) is 24.3 Å². The number of halogens is 1. The Labute approximate surface area is 177 Å². The molecule has 1 heterocycles. The number of carbonyl (C=O) groups excluding carboxylic acids is 2. The number of hydrogen-bond donors (Lipinski definition) is 1. The maximum absolute atomic E-state index is 13.3. The summed E-state index contributed by atoms with van der Waals surface area (Å²) in [7, 11) is 0. The van der Waals surface area contributed by atoms with Crippen LogP contribution in [0.1, 0.15) is 30.1 Å². The second-order valence-corrected chi connectivity index (χ2v) is 7.80. The average Bonchev–Trinajstić information content (AvgIpc) is 3.50. The van der Waals surface area contributed by atoms with E-state index in [-0.39, 0.29) is 12.5 Å². The number of amides is 1. The van der Waals surface area contributed by atoms with Crippen molar-refractivity contribution in [3.63, 3.8) is 0 Å². The van der Waals surface area contributed by atoms with Gasteiger partial charge in [-0.05, 0) is 41.8 Å². The Balaban J connectivity index is 1.41. The van der Waals surface area contributed by atoms with E-state index >= 15 is 0 Å². The topological polar surface area (TPSA) is 68.5 Å². The van der Waals surface area contributed by atoms with E-state index in [4.69, 9.17) is 9.15 Å². The fourth-order valence-electron chi connectivity index (χ4n) is 3.75. The van der Waals surface area contributed by atoms with Crippen molar-refractivity contribution in [3.8, 4) is 0 Å². The molecule has 0 spiro atoms. The Morgan fingerprint density at radius 3 is 2.61 bits per heavy atom. The van der Waals surface area contributed by atoms with Crippen molar-refractivity contribution >= 4 is 33.6 Å². The minimum atomic E-state index is -1.14. The van der Waals surface area contributed by atoms with Crippen LogP contribution in [0.5, 0.6) is 0 Å². The summed E-state index contributed by atoms with van der Waals surface area (Å²) in [5.74, 6) is -1.38. The highest BCUT2D eigenvalue weighted by Gasteiger charge is 2.31. The lowest BCUT2D eigenvalue weighted by Gasteiger charge is -2.18. The van der Waals surface area contributed by atoms with Gasteiger partial charge >= 0.3 is 5.97 Å². The van der Waals surface area contributed by atoms with Crippen LogP contribution in [-0.4, -0.2) is 17.9 Å². The van der Waals surface area contributed by atoms with Crippen LogP contribution < -0.4 is 5.32 Å². The number of nitrogens with one attached hydrogen (secondary N) is 1. The van der Waals surface area contributed by atoms with Crippen molar-refractivity contribution in [2.75, 3.05) is 0 Å². The molecule has 4 aromatic rings. The third-order valence-corrected chi connectivity index (χ3v) is 5.46. The second-order valence-electron chi connectivity index (χ2n) is 7.80. The zero-order valence-electron chi connectivity index (χ0n) is 16.6. The Bertz CT molecular complexity index is 1270. The van der Waals surface area contributed by atoms with Crippen LogP contribution in [0.4, 0.5) is 4.39 Å². The largest absolute Gasteiger partial charge is 0.464 e. The molecule has 1 N–H and O–H groups in total. The van der Waals surface area contributed by atoms with Crippen molar-refractivity contribution in [2.45, 2.75) is 31.4 Å². The SMILES string of the molecule is O=C(Cc1coc2ccc3ccccc3c12)O[C@@H](C(=O)NC1CC1)c1ccc(F)cc1. The van der Waals surface area contributed by atoms with Gasteiger partial charge < -0.3 is 14.5 Å². The van der Waals surface area contributed by atoms with Gasteiger partial charge in [0.2, 0.25) is 6.10 Å². The Hall–Kier alpha value is -3.67. The van der Waals surface area contributed by atoms with Crippen LogP contribution in [0, 0.1) is 5.82 Å². The summed E-state index contributed by atoms with van der Waals surface area (Å²) in [6.45, 7) is 0. The minimum absolute atomic E-state index is 0.0462. The molecule has 1 aromatic heterocycles. The first kappa shape index (κ1) is 19.3. The third-order valence-electron chi connectivity index (χ3n) is 5.46. The predicted octanol–water partition coefficient (Wildman–Crippen LogP) is 4.83. The zero-order valence-corrected chi connectivity index (χ0v) is 16.6. The van der Waals surface area contributed by atoms with Gasteiger partial charge in [-0.15, -0.1) is 0 Å². The highest BCUT2D eigenvalue weighted by molar-refractivity contribution is 6.08. The molecule has 0 aliphatic heterocycles. The maximum atomic E-state index is 13.3. The van der Waals surface area contributed by atoms with Gasteiger partial charge in [-0.2, -0.15) is 0 Å². The molecule has 6 heteroatoms. The summed E-state index contributed by atoms with van der Waals surface area (Å²) >= 11 is 0. The number of hydrogen-bond acceptors (Lipinski definition) is 4. The molecule has 1 aliphatic rings. The molecule has 1 aliphatic carbocycles. The van der Waals surface area contributed by atoms with E-state index in [0.29, 0.717) is 16.7 Å². The van der Waals surface area contributed by atoms with E-state index < -0.39 is 23.8 Å². The molecule has 0 saturated heterocycles. The van der Waals surface area contributed by atoms with Crippen LogP contribution in [0.15, 0.2) is 71.3 Å². The molecule has 0 unspecified atom stereocenters. The first-order chi connectivity index (χ1) is 15.1. The quantitative estimate of drug-likeness (QED) is 0.456. The number of benzene rings is 3. The van der Waals surface area contributed by atoms with Crippen LogP contribution in [0.2, 0.25) is 0 Å². The molecular formula is C25H20FNO4. The minimum Gasteiger partial charge on any atom is -0.464 e. The van der Waals surface area contributed by atoms with Crippen LogP contribution >= 0.6 is 0 Å². The lowest BCUT2D eigenvalue weighted by molar-refractivity contribution is -0.155. The summed E-state index contributed by atoms with van der Waals surface area (Å²) in [5, 5.41) is 5.74. The number of carbonyl (C=O) groups is 2. The van der Waals surface area contributed by atoms with Gasteiger partial charge in [0.15, 0.2) is 0 Å². The van der Waals surface area contributed by atoms with Crippen LogP contribution in [0.25, 0.3) is 21.7 Å². The second kappa shape index (κ2) is 7.87. The molecule has 1 amide bonds. The number of furan rings is 1. The lowest BCUT2D eigenvalue weighted by atomic mass is 10.0. The first-order valence-electron chi connectivity index (χ1n) is 10.2. The van der Waals surface area contributed by atoms with Crippen LogP contribution in [0.3, 0.4) is 0 Å². The van der Waals surface area contributed by atoms with Crippen molar-refractivity contribution in [1.29, 1.82) is 0 Å². The summed E-state index contributed by atoms with van der Waals surface area (Å²) in [5.41, 5.74) is 1.80. The van der Waals surface area contributed by atoms with E-state index in [2.05, 4.69) is 5.32 Å². The normalized spacial score (nSPS) is 14.5. The van der Waals surface area contributed by atoms with Gasteiger partial charge in [-0.25, -0.2) is 4.39 Å². The first-order valence-corrected chi connectivity index (χ1v) is 10.2. The van der Waals surface area contributed by atoms with E-state index in [1.807, 2.05) is 36.4 Å². The Kier molecular flexibility index (Phi) is 4.90. The molecule has 1 saturated carbocycles. The fourth-order valence-corrected chi connectivity index (χ4v) is 3.75. The van der Waals surface area contributed by atoms with Gasteiger partial charge in [-0.3, -0.25) is 9.59 Å². The molecule has 3 aromatic carbocycles. The van der Waals surface area contributed by atoms with Crippen molar-refractivity contribution in [1.82, 2.24) is 5.32 Å². The predicted molar refractivity (Wildman–Crippen MR) is 114 cm³/mol. The highest BCUT2D eigenvalue weighted by atomic mass is 19.1. The van der Waals surface area contributed by atoms with E-state index in [0.717, 1.165) is 29.0 Å². The monoisotopic (exact) mass is 417 g/mol. The van der Waals surface area contributed by atoms with Gasteiger partial charge in [0.1, 0.15) is 11.4 Å². The van der Waals surface area contributed by atoms with Crippen molar-refractivity contribution in [2.24, 2.45) is 0 Å². The fraction of sp³-hybridized carbons (Fsp3) is 0.200. The number of ether oxygens (including phenoxy) is 1. The van der Waals surface area contributed by atoms with Crippen molar-refractivity contribution < 1.29 is 23.1 Å². The van der Waals surface area contributed by atoms with Gasteiger partial charge in [-0.1, -0.05) is 42.5 Å². The van der Waals surface area contributed by atoms with Crippen molar-refractivity contribution in [3.05, 3.63) is 83.9 Å². The van der Waals surface area contributed by atoms with Gasteiger partial charge in [0.25, 0.3) is 5.91 Å². The molecule has 31 heavy (non-hydrogen) atoms. The van der Waals surface area contributed by atoms with E-state index in [9.17, 15) is 14.0 Å². The third kappa shape index (κ3) is 4.01. The van der Waals surface area contributed by atoms with Crippen LogP contribution in [-0.2, 0) is 20.7 Å². The molecule has 0 radical (unpaired) electrons. The number of esters is 1. The zero-order chi connectivity index (χ0) is 21.4. The summed E-state index contributed by atoms with van der Waals surface area (Å²) in [6.07, 6.45) is 2.18. The Morgan fingerprint density at radius 2 is 1.84 bits per heavy atom. The summed E-state index contributed by atoms with van der Waals surface area (Å²) < 4.78 is 24.6. The molecule has 1 fully saturated rings. The van der Waals surface area contributed by atoms with Gasteiger partial charge in [0, 0.05) is 22.6 Å². The molecule has 0 bridgehead atoms. The number of rotatable bonds is 6. The molecular weight excluding hydrogens is 397 g/mol. The molecule has 5 rings (SSSR count). The van der Waals surface area contributed by atoms with Gasteiger partial charge in [0.05, 0.1) is 12.7 Å². The molecule has 156 valence electrons. The Morgan fingerprint density at radius 1 is 1.06 bits per heavy atom. The molecule has 5 nitrogen and oxygen atoms in total. The van der Waals surface area contributed by atoms with E-state index in [1.54, 1.807) is 6.26 Å².